The van der Waals surface area contributed by atoms with E-state index in [1.54, 1.807) is 0 Å². The van der Waals surface area contributed by atoms with Crippen LogP contribution >= 0.6 is 11.3 Å². The molecule has 0 unspecified atom stereocenters. The molecule has 1 aliphatic heterocycles. The van der Waals surface area contributed by atoms with Crippen molar-refractivity contribution in [2.75, 3.05) is 13.1 Å². The van der Waals surface area contributed by atoms with Crippen LogP contribution in [0.5, 0.6) is 0 Å². The Morgan fingerprint density at radius 1 is 1.27 bits per heavy atom. The molecular weight excluding hydrogens is 402 g/mol. The lowest BCUT2D eigenvalue weighted by molar-refractivity contribution is -0.125. The summed E-state index contributed by atoms with van der Waals surface area (Å²) in [6.07, 6.45) is 0.458. The number of imide groups is 1. The molecule has 1 aliphatic rings. The Labute approximate surface area is 177 Å². The minimum atomic E-state index is -0.586. The number of thiophene rings is 1. The van der Waals surface area contributed by atoms with Crippen molar-refractivity contribution >= 4 is 39.4 Å². The molecule has 0 spiro atoms. The second kappa shape index (κ2) is 7.56. The van der Waals surface area contributed by atoms with Gasteiger partial charge in [0, 0.05) is 17.5 Å². The summed E-state index contributed by atoms with van der Waals surface area (Å²) in [6, 6.07) is 11.3. The molecule has 2 aromatic heterocycles. The molecule has 3 heterocycles. The third-order valence-electron chi connectivity index (χ3n) is 5.12. The fourth-order valence-corrected chi connectivity index (χ4v) is 4.49. The summed E-state index contributed by atoms with van der Waals surface area (Å²) in [5.74, 6) is -0.426. The molecule has 8 nitrogen and oxygen atoms in total. The molecule has 3 aromatic rings. The Kier molecular flexibility index (Phi) is 5.07. The van der Waals surface area contributed by atoms with Gasteiger partial charge in [0.15, 0.2) is 0 Å². The number of hydrogen-bond acceptors (Lipinski definition) is 5. The summed E-state index contributed by atoms with van der Waals surface area (Å²) < 4.78 is 1.86. The van der Waals surface area contributed by atoms with E-state index in [1.165, 1.54) is 16.2 Å². The van der Waals surface area contributed by atoms with Gasteiger partial charge in [0.25, 0.3) is 5.91 Å². The van der Waals surface area contributed by atoms with E-state index in [-0.39, 0.29) is 30.9 Å². The number of aromatic nitrogens is 2. The van der Waals surface area contributed by atoms with Crippen molar-refractivity contribution < 1.29 is 14.4 Å². The normalized spacial score (nSPS) is 14.4. The Hall–Kier alpha value is -3.20. The number of urea groups is 1. The van der Waals surface area contributed by atoms with Crippen LogP contribution in [-0.2, 0) is 4.79 Å². The molecule has 9 heteroatoms. The van der Waals surface area contributed by atoms with Gasteiger partial charge in [-0.1, -0.05) is 18.2 Å². The molecular formula is C21H23N5O3S. The second-order valence-electron chi connectivity index (χ2n) is 7.95. The van der Waals surface area contributed by atoms with Gasteiger partial charge >= 0.3 is 6.03 Å². The molecule has 2 N–H and O–H groups in total. The van der Waals surface area contributed by atoms with Crippen LogP contribution in [0.15, 0.2) is 36.4 Å². The van der Waals surface area contributed by atoms with Crippen LogP contribution < -0.4 is 10.6 Å². The van der Waals surface area contributed by atoms with Gasteiger partial charge in [0.1, 0.15) is 4.83 Å². The number of amides is 4. The number of para-hydroxylation sites is 1. The van der Waals surface area contributed by atoms with Crippen molar-refractivity contribution in [3.63, 3.8) is 0 Å². The van der Waals surface area contributed by atoms with Crippen molar-refractivity contribution in [1.29, 1.82) is 0 Å². The molecule has 4 amide bonds. The van der Waals surface area contributed by atoms with E-state index in [1.807, 2.05) is 61.9 Å². The third-order valence-corrected chi connectivity index (χ3v) is 6.23. The van der Waals surface area contributed by atoms with Crippen LogP contribution in [0.3, 0.4) is 0 Å². The molecule has 0 bridgehead atoms. The maximum Gasteiger partial charge on any atom is 0.324 e. The number of fused-ring (bicyclic) bond motifs is 1. The Morgan fingerprint density at radius 3 is 2.67 bits per heavy atom. The number of hydrogen-bond donors (Lipinski definition) is 2. The molecule has 30 heavy (non-hydrogen) atoms. The van der Waals surface area contributed by atoms with E-state index >= 15 is 0 Å². The van der Waals surface area contributed by atoms with Gasteiger partial charge in [0.05, 0.1) is 22.8 Å². The molecule has 1 saturated heterocycles. The molecule has 1 fully saturated rings. The summed E-state index contributed by atoms with van der Waals surface area (Å²) in [5, 5.41) is 11.1. The first-order valence-electron chi connectivity index (χ1n) is 9.70. The predicted octanol–water partition coefficient (Wildman–Crippen LogP) is 2.85. The lowest BCUT2D eigenvalue weighted by Gasteiger charge is -2.27. The van der Waals surface area contributed by atoms with Gasteiger partial charge in [-0.2, -0.15) is 5.10 Å². The average molecular weight is 426 g/mol. The van der Waals surface area contributed by atoms with Gasteiger partial charge in [-0.3, -0.25) is 14.5 Å². The van der Waals surface area contributed by atoms with E-state index in [0.29, 0.717) is 11.3 Å². The van der Waals surface area contributed by atoms with Crippen LogP contribution in [0.4, 0.5) is 4.79 Å². The minimum absolute atomic E-state index is 0.0329. The Morgan fingerprint density at radius 2 is 2.00 bits per heavy atom. The first-order chi connectivity index (χ1) is 14.2. The zero-order valence-electron chi connectivity index (χ0n) is 17.1. The highest BCUT2D eigenvalue weighted by atomic mass is 32.1. The first-order valence-corrected chi connectivity index (χ1v) is 10.5. The summed E-state index contributed by atoms with van der Waals surface area (Å²) >= 11 is 1.39. The van der Waals surface area contributed by atoms with Crippen LogP contribution in [-0.4, -0.2) is 51.2 Å². The van der Waals surface area contributed by atoms with E-state index in [9.17, 15) is 14.4 Å². The topological polar surface area (TPSA) is 96.3 Å². The van der Waals surface area contributed by atoms with Crippen molar-refractivity contribution in [2.45, 2.75) is 32.7 Å². The quantitative estimate of drug-likeness (QED) is 0.594. The highest BCUT2D eigenvalue weighted by Crippen LogP contribution is 2.30. The van der Waals surface area contributed by atoms with E-state index in [0.717, 1.165) is 21.6 Å². The summed E-state index contributed by atoms with van der Waals surface area (Å²) in [5.41, 5.74) is 1.22. The molecule has 0 aliphatic carbocycles. The first kappa shape index (κ1) is 20.1. The Balaban J connectivity index is 1.50. The monoisotopic (exact) mass is 425 g/mol. The molecule has 4 rings (SSSR count). The van der Waals surface area contributed by atoms with Crippen molar-refractivity contribution in [3.8, 4) is 5.69 Å². The van der Waals surface area contributed by atoms with Gasteiger partial charge in [0.2, 0.25) is 5.91 Å². The molecule has 0 atom stereocenters. The maximum atomic E-state index is 12.9. The smallest absolute Gasteiger partial charge is 0.324 e. The molecule has 0 radical (unpaired) electrons. The lowest BCUT2D eigenvalue weighted by Crippen LogP contribution is -2.46. The number of nitrogens with one attached hydrogen (secondary N) is 2. The number of benzene rings is 1. The van der Waals surface area contributed by atoms with Crippen LogP contribution in [0.25, 0.3) is 15.9 Å². The van der Waals surface area contributed by atoms with Crippen LogP contribution in [0, 0.1) is 6.92 Å². The van der Waals surface area contributed by atoms with Crippen molar-refractivity contribution in [3.05, 3.63) is 47.0 Å². The second-order valence-corrected chi connectivity index (χ2v) is 8.98. The molecule has 156 valence electrons. The van der Waals surface area contributed by atoms with E-state index in [4.69, 9.17) is 0 Å². The maximum absolute atomic E-state index is 12.9. The van der Waals surface area contributed by atoms with E-state index < -0.39 is 5.54 Å². The lowest BCUT2D eigenvalue weighted by atomic mass is 10.00. The number of aryl methyl sites for hydroxylation is 1. The third kappa shape index (κ3) is 3.80. The predicted molar refractivity (Wildman–Crippen MR) is 115 cm³/mol. The SMILES string of the molecule is Cc1nn(-c2ccccc2)c2sc(C(=O)NC(C)(C)CCN3C(=O)CNC3=O)cc12. The van der Waals surface area contributed by atoms with Gasteiger partial charge in [-0.15, -0.1) is 11.3 Å². The summed E-state index contributed by atoms with van der Waals surface area (Å²) in [7, 11) is 0. The van der Waals surface area contributed by atoms with Gasteiger partial charge in [-0.25, -0.2) is 9.48 Å². The number of nitrogens with zero attached hydrogens (tertiary/aromatic N) is 3. The Bertz CT molecular complexity index is 1120. The zero-order valence-corrected chi connectivity index (χ0v) is 17.9. The minimum Gasteiger partial charge on any atom is -0.346 e. The van der Waals surface area contributed by atoms with Crippen molar-refractivity contribution in [1.82, 2.24) is 25.3 Å². The zero-order chi connectivity index (χ0) is 21.5. The number of carbonyl (C=O) groups excluding carboxylic acids is 3. The standard InChI is InChI=1S/C21H23N5O3S/c1-13-15-11-16(30-19(15)26(24-13)14-7-5-4-6-8-14)18(28)23-21(2,3)9-10-25-17(27)12-22-20(25)29/h4-8,11H,9-10,12H2,1-3H3,(H,22,29)(H,23,28). The summed E-state index contributed by atoms with van der Waals surface area (Å²) in [4.78, 5) is 39.1. The fraction of sp³-hybridized carbons (Fsp3) is 0.333. The summed E-state index contributed by atoms with van der Waals surface area (Å²) in [6.45, 7) is 5.98. The fourth-order valence-electron chi connectivity index (χ4n) is 3.41. The van der Waals surface area contributed by atoms with Crippen molar-refractivity contribution in [2.24, 2.45) is 0 Å². The average Bonchev–Trinajstić information content (AvgIpc) is 3.36. The highest BCUT2D eigenvalue weighted by Gasteiger charge is 2.31. The van der Waals surface area contributed by atoms with Gasteiger partial charge < -0.3 is 10.6 Å². The largest absolute Gasteiger partial charge is 0.346 e. The molecule has 1 aromatic carbocycles. The van der Waals surface area contributed by atoms with Crippen LogP contribution in [0.2, 0.25) is 0 Å². The van der Waals surface area contributed by atoms with Crippen LogP contribution in [0.1, 0.15) is 35.6 Å². The van der Waals surface area contributed by atoms with Gasteiger partial charge in [-0.05, 0) is 45.4 Å². The van der Waals surface area contributed by atoms with E-state index in [2.05, 4.69) is 15.7 Å². The molecule has 0 saturated carbocycles. The highest BCUT2D eigenvalue weighted by molar-refractivity contribution is 7.20. The number of carbonyl (C=O) groups is 3. The number of rotatable bonds is 6.